The summed E-state index contributed by atoms with van der Waals surface area (Å²) in [7, 11) is 0. The van der Waals surface area contributed by atoms with Gasteiger partial charge in [-0.1, -0.05) is 29.8 Å². The van der Waals surface area contributed by atoms with Crippen LogP contribution in [0.15, 0.2) is 21.1 Å². The van der Waals surface area contributed by atoms with Crippen LogP contribution in [-0.2, 0) is 4.79 Å². The molecule has 0 heterocycles. The van der Waals surface area contributed by atoms with Crippen LogP contribution < -0.4 is 5.32 Å². The molecule has 2 N–H and O–H groups in total. The molecule has 0 radical (unpaired) electrons. The van der Waals surface area contributed by atoms with Gasteiger partial charge in [-0.3, -0.25) is 4.79 Å². The highest BCUT2D eigenvalue weighted by molar-refractivity contribution is 9.11. The highest BCUT2D eigenvalue weighted by Crippen LogP contribution is 2.34. The van der Waals surface area contributed by atoms with E-state index in [4.69, 9.17) is 0 Å². The number of rotatable bonds is 8. The molecule has 0 aromatic heterocycles. The Morgan fingerprint density at radius 2 is 1.86 bits per heavy atom. The van der Waals surface area contributed by atoms with Crippen LogP contribution in [0.4, 0.5) is 5.69 Å². The summed E-state index contributed by atoms with van der Waals surface area (Å²) in [6, 6.07) is 3.72. The van der Waals surface area contributed by atoms with Crippen LogP contribution in [0.25, 0.3) is 0 Å². The zero-order valence-corrected chi connectivity index (χ0v) is 16.5. The number of carbonyl (C=O) groups is 1. The number of aliphatic hydroxyl groups excluding tert-OH is 1. The SMILES string of the molecule is CCCN(CCC)CC(O)c1cc(Br)cc(Br)c1NC(C)=O. The standard InChI is InChI=1S/C16H24Br2N2O2/c1-4-6-20(7-5-2)10-15(22)13-8-12(17)9-14(18)16(13)19-11(3)21/h8-9,15,22H,4-7,10H2,1-3H3,(H,19,21). The minimum atomic E-state index is -0.659. The maximum Gasteiger partial charge on any atom is 0.221 e. The molecule has 0 saturated heterocycles. The van der Waals surface area contributed by atoms with Crippen LogP contribution in [-0.4, -0.2) is 35.5 Å². The summed E-state index contributed by atoms with van der Waals surface area (Å²) in [5.74, 6) is -0.157. The van der Waals surface area contributed by atoms with E-state index in [2.05, 4.69) is 55.9 Å². The van der Waals surface area contributed by atoms with Gasteiger partial charge >= 0.3 is 0 Å². The lowest BCUT2D eigenvalue weighted by Gasteiger charge is -2.26. The maximum atomic E-state index is 11.4. The summed E-state index contributed by atoms with van der Waals surface area (Å²) in [6.07, 6.45) is 1.44. The quantitative estimate of drug-likeness (QED) is 0.638. The number of nitrogens with one attached hydrogen (secondary N) is 1. The zero-order chi connectivity index (χ0) is 16.7. The van der Waals surface area contributed by atoms with Crippen LogP contribution in [0.1, 0.15) is 45.3 Å². The Hall–Kier alpha value is -0.430. The summed E-state index contributed by atoms with van der Waals surface area (Å²) < 4.78 is 1.61. The number of nitrogens with zero attached hydrogens (tertiary/aromatic N) is 1. The minimum absolute atomic E-state index is 0.157. The first-order valence-corrected chi connectivity index (χ1v) is 9.14. The molecule has 0 aliphatic rings. The fraction of sp³-hybridized carbons (Fsp3) is 0.562. The molecule has 4 nitrogen and oxygen atoms in total. The van der Waals surface area contributed by atoms with Gasteiger partial charge in [0.25, 0.3) is 0 Å². The van der Waals surface area contributed by atoms with Crippen LogP contribution in [0.5, 0.6) is 0 Å². The molecule has 0 saturated carbocycles. The molecule has 6 heteroatoms. The molecule has 1 unspecified atom stereocenters. The largest absolute Gasteiger partial charge is 0.387 e. The van der Waals surface area contributed by atoms with Crippen molar-refractivity contribution in [2.45, 2.75) is 39.7 Å². The van der Waals surface area contributed by atoms with Gasteiger partial charge in [0.2, 0.25) is 5.91 Å². The third-order valence-electron chi connectivity index (χ3n) is 3.26. The number of hydrogen-bond donors (Lipinski definition) is 2. The van der Waals surface area contributed by atoms with Crippen LogP contribution in [0.2, 0.25) is 0 Å². The molecule has 0 aliphatic heterocycles. The average Bonchev–Trinajstić information content (AvgIpc) is 2.41. The number of halogens is 2. The number of anilines is 1. The molecular weight excluding hydrogens is 412 g/mol. The first-order chi connectivity index (χ1) is 10.4. The summed E-state index contributed by atoms with van der Waals surface area (Å²) in [6.45, 7) is 8.19. The van der Waals surface area contributed by atoms with E-state index in [0.717, 1.165) is 34.9 Å². The van der Waals surface area contributed by atoms with Crippen molar-refractivity contribution in [1.29, 1.82) is 0 Å². The third kappa shape index (κ3) is 5.99. The van der Waals surface area contributed by atoms with Gasteiger partial charge in [0.1, 0.15) is 0 Å². The Labute approximate surface area is 149 Å². The molecule has 1 aromatic carbocycles. The molecular formula is C16H24Br2N2O2. The Morgan fingerprint density at radius 1 is 1.27 bits per heavy atom. The zero-order valence-electron chi connectivity index (χ0n) is 13.3. The lowest BCUT2D eigenvalue weighted by atomic mass is 10.1. The Balaban J connectivity index is 3.04. The molecule has 1 aromatic rings. The lowest BCUT2D eigenvalue weighted by Crippen LogP contribution is -2.30. The van der Waals surface area contributed by atoms with E-state index < -0.39 is 6.10 Å². The van der Waals surface area contributed by atoms with E-state index in [1.807, 2.05) is 12.1 Å². The van der Waals surface area contributed by atoms with Crippen LogP contribution >= 0.6 is 31.9 Å². The second-order valence-corrected chi connectivity index (χ2v) is 7.12. The highest BCUT2D eigenvalue weighted by atomic mass is 79.9. The van der Waals surface area contributed by atoms with Gasteiger partial charge in [-0.15, -0.1) is 0 Å². The van der Waals surface area contributed by atoms with E-state index >= 15 is 0 Å². The predicted octanol–water partition coefficient (Wildman–Crippen LogP) is 4.33. The first kappa shape index (κ1) is 19.6. The molecule has 0 fully saturated rings. The van der Waals surface area contributed by atoms with Gasteiger partial charge in [-0.25, -0.2) is 0 Å². The van der Waals surface area contributed by atoms with Gasteiger partial charge in [-0.2, -0.15) is 0 Å². The average molecular weight is 436 g/mol. The minimum Gasteiger partial charge on any atom is -0.387 e. The van der Waals surface area contributed by atoms with Crippen molar-refractivity contribution >= 4 is 43.5 Å². The highest BCUT2D eigenvalue weighted by Gasteiger charge is 2.19. The molecule has 1 atom stereocenters. The fourth-order valence-electron chi connectivity index (χ4n) is 2.43. The molecule has 124 valence electrons. The fourth-order valence-corrected chi connectivity index (χ4v) is 3.79. The van der Waals surface area contributed by atoms with Gasteiger partial charge < -0.3 is 15.3 Å². The van der Waals surface area contributed by atoms with E-state index in [-0.39, 0.29) is 5.91 Å². The number of benzene rings is 1. The number of carbonyl (C=O) groups excluding carboxylic acids is 1. The molecule has 0 bridgehead atoms. The van der Waals surface area contributed by atoms with Crippen molar-refractivity contribution in [3.05, 3.63) is 26.6 Å². The lowest BCUT2D eigenvalue weighted by molar-refractivity contribution is -0.114. The number of hydrogen-bond acceptors (Lipinski definition) is 3. The van der Waals surface area contributed by atoms with Gasteiger partial charge in [0.05, 0.1) is 11.8 Å². The number of amides is 1. The van der Waals surface area contributed by atoms with Crippen LogP contribution in [0, 0.1) is 0 Å². The van der Waals surface area contributed by atoms with Crippen molar-refractivity contribution in [3.63, 3.8) is 0 Å². The van der Waals surface area contributed by atoms with Crippen molar-refractivity contribution in [2.75, 3.05) is 25.0 Å². The Bertz CT molecular complexity index is 503. The normalized spacial score (nSPS) is 12.5. The van der Waals surface area contributed by atoms with Gasteiger partial charge in [-0.05, 0) is 54.0 Å². The van der Waals surface area contributed by atoms with Crippen molar-refractivity contribution in [3.8, 4) is 0 Å². The molecule has 22 heavy (non-hydrogen) atoms. The van der Waals surface area contributed by atoms with E-state index in [1.54, 1.807) is 0 Å². The van der Waals surface area contributed by atoms with E-state index in [0.29, 0.717) is 17.8 Å². The van der Waals surface area contributed by atoms with E-state index in [9.17, 15) is 9.90 Å². The third-order valence-corrected chi connectivity index (χ3v) is 4.34. The molecule has 1 amide bonds. The smallest absolute Gasteiger partial charge is 0.221 e. The van der Waals surface area contributed by atoms with Crippen molar-refractivity contribution in [2.24, 2.45) is 0 Å². The summed E-state index contributed by atoms with van der Waals surface area (Å²) in [5.41, 5.74) is 1.35. The second-order valence-electron chi connectivity index (χ2n) is 5.35. The van der Waals surface area contributed by atoms with Gasteiger partial charge in [0, 0.05) is 28.0 Å². The number of aliphatic hydroxyl groups is 1. The van der Waals surface area contributed by atoms with Crippen molar-refractivity contribution in [1.82, 2.24) is 4.90 Å². The summed E-state index contributed by atoms with van der Waals surface area (Å²) >= 11 is 6.89. The van der Waals surface area contributed by atoms with Gasteiger partial charge in [0.15, 0.2) is 0 Å². The van der Waals surface area contributed by atoms with Crippen molar-refractivity contribution < 1.29 is 9.90 Å². The summed E-state index contributed by atoms with van der Waals surface area (Å²) in [4.78, 5) is 13.7. The monoisotopic (exact) mass is 434 g/mol. The maximum absolute atomic E-state index is 11.4. The first-order valence-electron chi connectivity index (χ1n) is 7.55. The van der Waals surface area contributed by atoms with Crippen LogP contribution in [0.3, 0.4) is 0 Å². The Kier molecular flexibility index (Phi) is 8.61. The molecule has 0 aliphatic carbocycles. The topological polar surface area (TPSA) is 52.6 Å². The molecule has 1 rings (SSSR count). The summed E-state index contributed by atoms with van der Waals surface area (Å²) in [5, 5.41) is 13.5. The predicted molar refractivity (Wildman–Crippen MR) is 98.1 cm³/mol. The molecule has 0 spiro atoms. The second kappa shape index (κ2) is 9.65. The van der Waals surface area contributed by atoms with E-state index in [1.165, 1.54) is 6.92 Å². The Morgan fingerprint density at radius 3 is 2.36 bits per heavy atom.